The van der Waals surface area contributed by atoms with Gasteiger partial charge < -0.3 is 9.64 Å². The van der Waals surface area contributed by atoms with Gasteiger partial charge in [0.25, 0.3) is 5.91 Å². The van der Waals surface area contributed by atoms with Gasteiger partial charge in [0, 0.05) is 12.1 Å². The molecule has 0 radical (unpaired) electrons. The summed E-state index contributed by atoms with van der Waals surface area (Å²) in [6, 6.07) is 6.71. The van der Waals surface area contributed by atoms with E-state index in [0.29, 0.717) is 17.2 Å². The van der Waals surface area contributed by atoms with Crippen molar-refractivity contribution in [1.82, 2.24) is 4.90 Å². The number of sulfone groups is 1. The monoisotopic (exact) mass is 331 g/mol. The number of hydrogen-bond acceptors (Lipinski definition) is 4. The average molecular weight is 332 g/mol. The maximum Gasteiger partial charge on any atom is 0.260 e. The van der Waals surface area contributed by atoms with Gasteiger partial charge >= 0.3 is 0 Å². The van der Waals surface area contributed by atoms with E-state index in [2.05, 4.69) is 0 Å². The molecule has 1 aliphatic rings. The summed E-state index contributed by atoms with van der Waals surface area (Å²) < 4.78 is 28.6. The third-order valence-corrected chi connectivity index (χ3v) is 5.98. The Morgan fingerprint density at radius 1 is 1.38 bits per heavy atom. The van der Waals surface area contributed by atoms with Gasteiger partial charge in [-0.05, 0) is 37.6 Å². The second-order valence-corrected chi connectivity index (χ2v) is 8.15. The van der Waals surface area contributed by atoms with Gasteiger partial charge in [0.2, 0.25) is 0 Å². The third kappa shape index (κ3) is 3.89. The van der Waals surface area contributed by atoms with Crippen LogP contribution in [0.3, 0.4) is 0 Å². The molecule has 2 rings (SSSR count). The molecule has 1 aromatic rings. The van der Waals surface area contributed by atoms with Crippen LogP contribution in [-0.4, -0.2) is 49.9 Å². The summed E-state index contributed by atoms with van der Waals surface area (Å²) in [5.74, 6) is 0.428. The maximum atomic E-state index is 12.2. The number of likely N-dealkylation sites (N-methyl/N-ethyl adjacent to an activating group) is 1. The van der Waals surface area contributed by atoms with E-state index in [1.54, 1.807) is 38.2 Å². The zero-order chi connectivity index (χ0) is 15.7. The molecule has 1 heterocycles. The number of hydrogen-bond donors (Lipinski definition) is 0. The average Bonchev–Trinajstić information content (AvgIpc) is 2.72. The molecule has 21 heavy (non-hydrogen) atoms. The van der Waals surface area contributed by atoms with Gasteiger partial charge in [0.05, 0.1) is 17.0 Å². The fraction of sp³-hybridized carbons (Fsp3) is 0.500. The van der Waals surface area contributed by atoms with E-state index in [1.807, 2.05) is 0 Å². The van der Waals surface area contributed by atoms with Crippen molar-refractivity contribution in [3.8, 4) is 5.75 Å². The first-order valence-electron chi connectivity index (χ1n) is 6.57. The van der Waals surface area contributed by atoms with Crippen molar-refractivity contribution in [1.29, 1.82) is 0 Å². The standard InChI is InChI=1S/C14H18ClNO4S/c1-14(7-8-21(18,19)10-14)16(2)13(17)9-20-12-5-3-11(15)4-6-12/h3-6H,7-10H2,1-2H3/t14-/m0/s1. The zero-order valence-corrected chi connectivity index (χ0v) is 13.6. The molecule has 1 atom stereocenters. The van der Waals surface area contributed by atoms with Crippen LogP contribution in [0.25, 0.3) is 0 Å². The van der Waals surface area contributed by atoms with Gasteiger partial charge in [-0.1, -0.05) is 11.6 Å². The minimum Gasteiger partial charge on any atom is -0.484 e. The first kappa shape index (κ1) is 16.1. The normalized spacial score (nSPS) is 23.8. The number of rotatable bonds is 4. The molecular formula is C14H18ClNO4S. The summed E-state index contributed by atoms with van der Waals surface area (Å²) in [4.78, 5) is 13.6. The number of carbonyl (C=O) groups is 1. The van der Waals surface area contributed by atoms with Crippen LogP contribution in [0.1, 0.15) is 13.3 Å². The highest BCUT2D eigenvalue weighted by molar-refractivity contribution is 7.91. The van der Waals surface area contributed by atoms with E-state index in [-0.39, 0.29) is 24.0 Å². The van der Waals surface area contributed by atoms with Crippen molar-refractivity contribution in [2.75, 3.05) is 25.2 Å². The van der Waals surface area contributed by atoms with Gasteiger partial charge in [0.1, 0.15) is 5.75 Å². The van der Waals surface area contributed by atoms with Crippen molar-refractivity contribution in [3.05, 3.63) is 29.3 Å². The molecule has 1 aliphatic heterocycles. The first-order chi connectivity index (χ1) is 9.72. The molecule has 0 bridgehead atoms. The molecule has 1 saturated heterocycles. The lowest BCUT2D eigenvalue weighted by Gasteiger charge is -2.34. The SMILES string of the molecule is CN(C(=O)COc1ccc(Cl)cc1)[C@@]1(C)CCS(=O)(=O)C1. The molecule has 7 heteroatoms. The second-order valence-electron chi connectivity index (χ2n) is 5.53. The Hall–Kier alpha value is -1.27. The smallest absolute Gasteiger partial charge is 0.260 e. The predicted molar refractivity (Wildman–Crippen MR) is 81.4 cm³/mol. The topological polar surface area (TPSA) is 63.7 Å². The van der Waals surface area contributed by atoms with Crippen LogP contribution in [-0.2, 0) is 14.6 Å². The Bertz CT molecular complexity index is 629. The highest BCUT2D eigenvalue weighted by atomic mass is 35.5. The highest BCUT2D eigenvalue weighted by Crippen LogP contribution is 2.28. The lowest BCUT2D eigenvalue weighted by Crippen LogP contribution is -2.49. The molecule has 0 saturated carbocycles. The number of carbonyl (C=O) groups excluding carboxylic acids is 1. The van der Waals surface area contributed by atoms with E-state index in [1.165, 1.54) is 4.90 Å². The maximum absolute atomic E-state index is 12.2. The molecule has 1 amide bonds. The van der Waals surface area contributed by atoms with Gasteiger partial charge in [0.15, 0.2) is 16.4 Å². The van der Waals surface area contributed by atoms with E-state index in [0.717, 1.165) is 0 Å². The van der Waals surface area contributed by atoms with Crippen molar-refractivity contribution < 1.29 is 17.9 Å². The second kappa shape index (κ2) is 5.85. The van der Waals surface area contributed by atoms with Crippen LogP contribution < -0.4 is 4.74 Å². The van der Waals surface area contributed by atoms with Crippen LogP contribution in [0.5, 0.6) is 5.75 Å². The fourth-order valence-electron chi connectivity index (χ4n) is 2.33. The molecule has 0 aliphatic carbocycles. The predicted octanol–water partition coefficient (Wildman–Crippen LogP) is 1.75. The third-order valence-electron chi connectivity index (χ3n) is 3.84. The van der Waals surface area contributed by atoms with E-state index < -0.39 is 15.4 Å². The summed E-state index contributed by atoms with van der Waals surface area (Å²) >= 11 is 5.77. The zero-order valence-electron chi connectivity index (χ0n) is 12.0. The number of halogens is 1. The molecule has 0 aromatic heterocycles. The summed E-state index contributed by atoms with van der Waals surface area (Å²) in [5.41, 5.74) is -0.653. The Kier molecular flexibility index (Phi) is 4.49. The van der Waals surface area contributed by atoms with Gasteiger partial charge in [-0.15, -0.1) is 0 Å². The van der Waals surface area contributed by atoms with Gasteiger partial charge in [-0.2, -0.15) is 0 Å². The number of amides is 1. The van der Waals surface area contributed by atoms with Crippen LogP contribution >= 0.6 is 11.6 Å². The van der Waals surface area contributed by atoms with Crippen LogP contribution in [0.2, 0.25) is 5.02 Å². The summed E-state index contributed by atoms with van der Waals surface area (Å²) in [5, 5.41) is 0.592. The minimum absolute atomic E-state index is 0.00316. The number of ether oxygens (including phenoxy) is 1. The molecule has 5 nitrogen and oxygen atoms in total. The molecular weight excluding hydrogens is 314 g/mol. The van der Waals surface area contributed by atoms with Gasteiger partial charge in [-0.25, -0.2) is 8.42 Å². The largest absolute Gasteiger partial charge is 0.484 e. The summed E-state index contributed by atoms with van der Waals surface area (Å²) in [6.07, 6.45) is 0.457. The van der Waals surface area contributed by atoms with Crippen molar-refractivity contribution in [3.63, 3.8) is 0 Å². The summed E-state index contributed by atoms with van der Waals surface area (Å²) in [6.45, 7) is 1.66. The van der Waals surface area contributed by atoms with Crippen LogP contribution in [0, 0.1) is 0 Å². The lowest BCUT2D eigenvalue weighted by atomic mass is 10.00. The highest BCUT2D eigenvalue weighted by Gasteiger charge is 2.43. The molecule has 0 unspecified atom stereocenters. The van der Waals surface area contributed by atoms with E-state index >= 15 is 0 Å². The number of nitrogens with zero attached hydrogens (tertiary/aromatic N) is 1. The Morgan fingerprint density at radius 2 is 2.00 bits per heavy atom. The lowest BCUT2D eigenvalue weighted by molar-refractivity contribution is -0.136. The van der Waals surface area contributed by atoms with Crippen LogP contribution in [0.4, 0.5) is 0 Å². The molecule has 1 fully saturated rings. The van der Waals surface area contributed by atoms with Crippen molar-refractivity contribution in [2.45, 2.75) is 18.9 Å². The van der Waals surface area contributed by atoms with Crippen LogP contribution in [0.15, 0.2) is 24.3 Å². The van der Waals surface area contributed by atoms with Crippen molar-refractivity contribution >= 4 is 27.3 Å². The van der Waals surface area contributed by atoms with Crippen molar-refractivity contribution in [2.24, 2.45) is 0 Å². The Balaban J connectivity index is 1.95. The number of benzene rings is 1. The Morgan fingerprint density at radius 3 is 2.52 bits per heavy atom. The molecule has 116 valence electrons. The quantitative estimate of drug-likeness (QED) is 0.843. The van der Waals surface area contributed by atoms with E-state index in [4.69, 9.17) is 16.3 Å². The fourth-order valence-corrected chi connectivity index (χ4v) is 4.64. The minimum atomic E-state index is -3.05. The molecule has 1 aromatic carbocycles. The van der Waals surface area contributed by atoms with E-state index in [9.17, 15) is 13.2 Å². The first-order valence-corrected chi connectivity index (χ1v) is 8.77. The molecule has 0 N–H and O–H groups in total. The Labute approximate surface area is 129 Å². The summed E-state index contributed by atoms with van der Waals surface area (Å²) in [7, 11) is -1.43. The molecule has 0 spiro atoms. The van der Waals surface area contributed by atoms with Gasteiger partial charge in [-0.3, -0.25) is 4.79 Å².